The van der Waals surface area contributed by atoms with Gasteiger partial charge in [0, 0.05) is 34.6 Å². The third-order valence-electron chi connectivity index (χ3n) is 4.97. The van der Waals surface area contributed by atoms with Gasteiger partial charge >= 0.3 is 0 Å². The van der Waals surface area contributed by atoms with E-state index in [0.717, 1.165) is 50.8 Å². The number of hydrogen-bond acceptors (Lipinski definition) is 5. The van der Waals surface area contributed by atoms with Crippen LogP contribution in [0.2, 0.25) is 0 Å². The molecule has 1 N–H and O–H groups in total. The molecule has 0 unspecified atom stereocenters. The Morgan fingerprint density at radius 2 is 1.22 bits per heavy atom. The molecule has 0 fully saturated rings. The van der Waals surface area contributed by atoms with Crippen molar-refractivity contribution in [3.63, 3.8) is 0 Å². The van der Waals surface area contributed by atoms with Crippen LogP contribution in [-0.2, 0) is 22.3 Å². The molecular weight excluding hydrogens is 504 g/mol. The average molecular weight is 536 g/mol. The van der Waals surface area contributed by atoms with Crippen LogP contribution in [-0.4, -0.2) is 43.5 Å². The largest absolute Gasteiger partial charge is 0.396 e. The van der Waals surface area contributed by atoms with Crippen molar-refractivity contribution in [2.24, 2.45) is 0 Å². The number of aliphatic hydroxyl groups is 1. The smallest absolute Gasteiger partial charge is 0.0506 e. The minimum Gasteiger partial charge on any atom is -0.396 e. The number of fused-ring (bicyclic) bond motifs is 2. The zero-order valence-corrected chi connectivity index (χ0v) is 21.5. The van der Waals surface area contributed by atoms with E-state index >= 15 is 0 Å². The number of alkyl halides is 1. The molecule has 0 bridgehead atoms. The molecule has 2 aromatic heterocycles. The van der Waals surface area contributed by atoms with Crippen LogP contribution in [0.3, 0.4) is 0 Å². The second-order valence-corrected chi connectivity index (χ2v) is 10.1. The van der Waals surface area contributed by atoms with Crippen LogP contribution in [0.15, 0.2) is 59.3 Å². The van der Waals surface area contributed by atoms with E-state index in [1.807, 2.05) is 0 Å². The van der Waals surface area contributed by atoms with E-state index in [9.17, 15) is 0 Å². The number of benzene rings is 2. The molecule has 0 saturated heterocycles. The minimum absolute atomic E-state index is 0.209. The molecule has 172 valence electrons. The van der Waals surface area contributed by atoms with Crippen molar-refractivity contribution in [3.8, 4) is 0 Å². The lowest BCUT2D eigenvalue weighted by atomic mass is 10.1. The van der Waals surface area contributed by atoms with E-state index in [1.54, 1.807) is 22.7 Å². The molecule has 0 aliphatic carbocycles. The zero-order valence-electron chi connectivity index (χ0n) is 18.3. The van der Waals surface area contributed by atoms with Gasteiger partial charge in [-0.25, -0.2) is 0 Å². The summed E-state index contributed by atoms with van der Waals surface area (Å²) in [5.41, 5.74) is 2.68. The van der Waals surface area contributed by atoms with Gasteiger partial charge < -0.3 is 14.6 Å². The summed E-state index contributed by atoms with van der Waals surface area (Å²) >= 11 is 6.96. The second-order valence-electron chi connectivity index (χ2n) is 7.43. The van der Waals surface area contributed by atoms with Crippen LogP contribution >= 0.6 is 38.6 Å². The fourth-order valence-corrected chi connectivity index (χ4v) is 5.02. The molecule has 4 aromatic rings. The van der Waals surface area contributed by atoms with Crippen molar-refractivity contribution in [1.82, 2.24) is 0 Å². The summed E-state index contributed by atoms with van der Waals surface area (Å²) in [4.78, 5) is 0. The number of thiophene rings is 2. The van der Waals surface area contributed by atoms with Crippen LogP contribution < -0.4 is 0 Å². The maximum atomic E-state index is 8.60. The summed E-state index contributed by atoms with van der Waals surface area (Å²) in [6, 6.07) is 17.5. The molecule has 0 amide bonds. The third-order valence-corrected chi connectivity index (χ3v) is 7.33. The van der Waals surface area contributed by atoms with Crippen molar-refractivity contribution in [2.45, 2.75) is 25.7 Å². The summed E-state index contributed by atoms with van der Waals surface area (Å²) in [6.45, 7) is 3.27. The molecule has 0 aliphatic heterocycles. The average Bonchev–Trinajstić information content (AvgIpc) is 3.48. The fourth-order valence-electron chi connectivity index (χ4n) is 3.25. The third kappa shape index (κ3) is 8.58. The summed E-state index contributed by atoms with van der Waals surface area (Å²) in [7, 11) is 0. The number of hydrogen-bond donors (Lipinski definition) is 1. The van der Waals surface area contributed by atoms with E-state index in [2.05, 4.69) is 75.2 Å². The normalized spacial score (nSPS) is 11.1. The summed E-state index contributed by atoms with van der Waals surface area (Å²) < 4.78 is 13.7. The monoisotopic (exact) mass is 534 g/mol. The number of halogens is 1. The van der Waals surface area contributed by atoms with Crippen LogP contribution in [0.25, 0.3) is 20.2 Å². The number of ether oxygens (including phenoxy) is 2. The highest BCUT2D eigenvalue weighted by atomic mass is 79.9. The first-order valence-corrected chi connectivity index (χ1v) is 13.9. The van der Waals surface area contributed by atoms with E-state index in [4.69, 9.17) is 14.6 Å². The van der Waals surface area contributed by atoms with Crippen LogP contribution in [0.4, 0.5) is 0 Å². The first-order valence-electron chi connectivity index (χ1n) is 11.0. The van der Waals surface area contributed by atoms with Crippen LogP contribution in [0.1, 0.15) is 24.0 Å². The Kier molecular flexibility index (Phi) is 11.7. The summed E-state index contributed by atoms with van der Waals surface area (Å²) in [6.07, 6.45) is 3.76. The molecule has 0 saturated carbocycles. The summed E-state index contributed by atoms with van der Waals surface area (Å²) in [5, 5.41) is 16.5. The van der Waals surface area contributed by atoms with E-state index in [1.165, 1.54) is 31.3 Å². The second kappa shape index (κ2) is 14.8. The Bertz CT molecular complexity index is 960. The molecule has 0 spiro atoms. The minimum atomic E-state index is 0.209. The molecule has 2 aromatic carbocycles. The van der Waals surface area contributed by atoms with Crippen molar-refractivity contribution >= 4 is 58.8 Å². The molecule has 3 nitrogen and oxygen atoms in total. The quantitative estimate of drug-likeness (QED) is 0.156. The Labute approximate surface area is 207 Å². The first kappa shape index (κ1) is 25.3. The predicted octanol–water partition coefficient (Wildman–Crippen LogP) is 7.09. The Hall–Kier alpha value is -1.28. The van der Waals surface area contributed by atoms with Gasteiger partial charge in [0.05, 0.1) is 13.2 Å². The van der Waals surface area contributed by atoms with Gasteiger partial charge in [0.15, 0.2) is 0 Å². The number of rotatable bonds is 12. The van der Waals surface area contributed by atoms with E-state index < -0.39 is 0 Å². The van der Waals surface area contributed by atoms with Gasteiger partial charge in [0.2, 0.25) is 0 Å². The van der Waals surface area contributed by atoms with Crippen LogP contribution in [0, 0.1) is 0 Å². The Morgan fingerprint density at radius 1 is 0.688 bits per heavy atom. The van der Waals surface area contributed by atoms with Crippen molar-refractivity contribution in [3.05, 3.63) is 70.4 Å². The molecule has 0 aliphatic rings. The van der Waals surface area contributed by atoms with Gasteiger partial charge in [-0.3, -0.25) is 0 Å². The lowest BCUT2D eigenvalue weighted by molar-refractivity contribution is 0.118. The molecule has 32 heavy (non-hydrogen) atoms. The van der Waals surface area contributed by atoms with Crippen molar-refractivity contribution in [2.75, 3.05) is 38.4 Å². The lowest BCUT2D eigenvalue weighted by Gasteiger charge is -2.03. The number of aliphatic hydroxyl groups excluding tert-OH is 1. The first-order chi connectivity index (χ1) is 15.8. The van der Waals surface area contributed by atoms with Crippen LogP contribution in [0.5, 0.6) is 0 Å². The Morgan fingerprint density at radius 3 is 1.72 bits per heavy atom. The molecule has 4 rings (SSSR count). The van der Waals surface area contributed by atoms with Gasteiger partial charge in [0.25, 0.3) is 0 Å². The van der Waals surface area contributed by atoms with Gasteiger partial charge in [-0.2, -0.15) is 0 Å². The van der Waals surface area contributed by atoms with E-state index in [0.29, 0.717) is 6.61 Å². The van der Waals surface area contributed by atoms with E-state index in [-0.39, 0.29) is 6.61 Å². The maximum Gasteiger partial charge on any atom is 0.0506 e. The molecule has 0 atom stereocenters. The topological polar surface area (TPSA) is 38.7 Å². The highest BCUT2D eigenvalue weighted by Gasteiger charge is 1.99. The van der Waals surface area contributed by atoms with Crippen molar-refractivity contribution < 1.29 is 14.6 Å². The highest BCUT2D eigenvalue weighted by molar-refractivity contribution is 9.09. The fraction of sp³-hybridized carbons (Fsp3) is 0.385. The highest BCUT2D eigenvalue weighted by Crippen LogP contribution is 2.22. The molecule has 6 heteroatoms. The predicted molar refractivity (Wildman–Crippen MR) is 143 cm³/mol. The standard InChI is InChI=1S/C13H15BrOS.C13H16O2S/c2*14-6-1-7-15-8-4-11-2-3-13-12(10-11)5-9-16-13/h2-3,5,9-10H,1,4,6-8H2;2-3,5,9-10,14H,1,4,6-8H2. The van der Waals surface area contributed by atoms with Gasteiger partial charge in [-0.1, -0.05) is 40.2 Å². The SMILES string of the molecule is BrCCCOCCc1ccc2sccc2c1.OCCCOCCc1ccc2sccc2c1. The van der Waals surface area contributed by atoms with Gasteiger partial charge in [0.1, 0.15) is 0 Å². The van der Waals surface area contributed by atoms with Gasteiger partial charge in [-0.15, -0.1) is 22.7 Å². The summed E-state index contributed by atoms with van der Waals surface area (Å²) in [5.74, 6) is 0. The maximum absolute atomic E-state index is 8.60. The molecule has 0 radical (unpaired) electrons. The lowest BCUT2D eigenvalue weighted by Crippen LogP contribution is -2.01. The molecular formula is C26H31BrO3S2. The molecule has 2 heterocycles. The van der Waals surface area contributed by atoms with Gasteiger partial charge in [-0.05, 0) is 82.6 Å². The Balaban J connectivity index is 0.000000181. The van der Waals surface area contributed by atoms with Crippen molar-refractivity contribution in [1.29, 1.82) is 0 Å². The zero-order chi connectivity index (χ0) is 22.4.